The van der Waals surface area contributed by atoms with Crippen molar-refractivity contribution in [2.45, 2.75) is 25.4 Å². The Morgan fingerprint density at radius 3 is 2.60 bits per heavy atom. The molecule has 0 saturated carbocycles. The summed E-state index contributed by atoms with van der Waals surface area (Å²) in [5, 5.41) is 22.0. The number of carboxylic acids is 2. The first kappa shape index (κ1) is 15.3. The van der Waals surface area contributed by atoms with Crippen LogP contribution in [0.25, 0.3) is 0 Å². The molecule has 0 fully saturated rings. The summed E-state index contributed by atoms with van der Waals surface area (Å²) in [6.45, 7) is 0.111. The van der Waals surface area contributed by atoms with E-state index in [1.165, 1.54) is 12.5 Å². The quantitative estimate of drug-likeness (QED) is 0.532. The fourth-order valence-electron chi connectivity index (χ4n) is 1.33. The van der Waals surface area contributed by atoms with Crippen LogP contribution in [0.15, 0.2) is 18.6 Å². The number of nitrogens with one attached hydrogen (secondary N) is 2. The molecule has 1 atom stereocenters. The van der Waals surface area contributed by atoms with Gasteiger partial charge < -0.3 is 20.8 Å². The zero-order valence-electron chi connectivity index (χ0n) is 10.4. The summed E-state index contributed by atoms with van der Waals surface area (Å²) < 4.78 is 0. The number of amides is 2. The lowest BCUT2D eigenvalue weighted by Gasteiger charge is -2.14. The van der Waals surface area contributed by atoms with Crippen LogP contribution in [-0.2, 0) is 16.1 Å². The van der Waals surface area contributed by atoms with E-state index in [0.29, 0.717) is 5.69 Å². The van der Waals surface area contributed by atoms with Gasteiger partial charge in [0.05, 0.1) is 12.2 Å². The zero-order chi connectivity index (χ0) is 15.0. The smallest absolute Gasteiger partial charge is 0.326 e. The minimum Gasteiger partial charge on any atom is -0.481 e. The molecule has 20 heavy (non-hydrogen) atoms. The van der Waals surface area contributed by atoms with Gasteiger partial charge >= 0.3 is 18.0 Å². The second-order valence-corrected chi connectivity index (χ2v) is 3.85. The van der Waals surface area contributed by atoms with Gasteiger partial charge in [-0.2, -0.15) is 0 Å². The molecule has 0 spiro atoms. The summed E-state index contributed by atoms with van der Waals surface area (Å²) in [7, 11) is 0. The van der Waals surface area contributed by atoms with E-state index in [2.05, 4.69) is 20.6 Å². The first-order valence-corrected chi connectivity index (χ1v) is 5.73. The van der Waals surface area contributed by atoms with Gasteiger partial charge in [-0.1, -0.05) is 0 Å². The second kappa shape index (κ2) is 7.67. The van der Waals surface area contributed by atoms with Crippen molar-refractivity contribution in [3.8, 4) is 0 Å². The van der Waals surface area contributed by atoms with Crippen LogP contribution in [0, 0.1) is 0 Å². The highest BCUT2D eigenvalue weighted by molar-refractivity contribution is 5.82. The number of aliphatic carboxylic acids is 2. The highest BCUT2D eigenvalue weighted by Gasteiger charge is 2.20. The van der Waals surface area contributed by atoms with E-state index in [9.17, 15) is 14.4 Å². The molecule has 0 saturated heterocycles. The molecule has 0 aliphatic heterocycles. The fourth-order valence-corrected chi connectivity index (χ4v) is 1.33. The molecule has 1 aromatic rings. The average Bonchev–Trinajstić information content (AvgIpc) is 2.41. The minimum absolute atomic E-state index is 0.111. The van der Waals surface area contributed by atoms with Gasteiger partial charge in [0.15, 0.2) is 0 Å². The Bertz CT molecular complexity index is 479. The third-order valence-corrected chi connectivity index (χ3v) is 2.32. The maximum Gasteiger partial charge on any atom is 0.326 e. The van der Waals surface area contributed by atoms with Crippen molar-refractivity contribution in [2.24, 2.45) is 0 Å². The summed E-state index contributed by atoms with van der Waals surface area (Å²) in [5.74, 6) is -2.41. The molecule has 4 N–H and O–H groups in total. The van der Waals surface area contributed by atoms with Crippen LogP contribution in [0.5, 0.6) is 0 Å². The molecule has 1 rings (SSSR count). The molecule has 9 heteroatoms. The molecule has 0 aliphatic carbocycles. The molecule has 0 radical (unpaired) electrons. The summed E-state index contributed by atoms with van der Waals surface area (Å²) in [5.41, 5.74) is 0.563. The van der Waals surface area contributed by atoms with Gasteiger partial charge in [0, 0.05) is 12.6 Å². The molecule has 0 aromatic carbocycles. The lowest BCUT2D eigenvalue weighted by atomic mass is 10.1. The molecule has 0 aliphatic rings. The van der Waals surface area contributed by atoms with E-state index in [1.807, 2.05) is 0 Å². The van der Waals surface area contributed by atoms with Gasteiger partial charge in [0.2, 0.25) is 0 Å². The van der Waals surface area contributed by atoms with Crippen LogP contribution in [0.1, 0.15) is 18.5 Å². The Balaban J connectivity index is 2.41. The number of carbonyl (C=O) groups is 3. The summed E-state index contributed by atoms with van der Waals surface area (Å²) in [6, 6.07) is -0.364. The summed E-state index contributed by atoms with van der Waals surface area (Å²) in [4.78, 5) is 40.3. The molecule has 9 nitrogen and oxygen atoms in total. The number of rotatable bonds is 7. The van der Waals surface area contributed by atoms with Crippen LogP contribution in [0.4, 0.5) is 4.79 Å². The van der Waals surface area contributed by atoms with Gasteiger partial charge in [0.25, 0.3) is 0 Å². The van der Waals surface area contributed by atoms with Crippen molar-refractivity contribution >= 4 is 18.0 Å². The average molecular weight is 282 g/mol. The predicted molar refractivity (Wildman–Crippen MR) is 65.7 cm³/mol. The number of hydrogen-bond acceptors (Lipinski definition) is 5. The van der Waals surface area contributed by atoms with E-state index in [1.54, 1.807) is 6.07 Å². The summed E-state index contributed by atoms with van der Waals surface area (Å²) >= 11 is 0. The Labute approximate surface area is 114 Å². The monoisotopic (exact) mass is 282 g/mol. The molecule has 1 heterocycles. The number of carboxylic acid groups (broad SMARTS) is 2. The van der Waals surface area contributed by atoms with Crippen LogP contribution in [0.2, 0.25) is 0 Å². The lowest BCUT2D eigenvalue weighted by molar-refractivity contribution is -0.140. The van der Waals surface area contributed by atoms with Crippen LogP contribution >= 0.6 is 0 Å². The first-order chi connectivity index (χ1) is 9.49. The van der Waals surface area contributed by atoms with Gasteiger partial charge in [-0.05, 0) is 12.5 Å². The van der Waals surface area contributed by atoms with E-state index < -0.39 is 24.0 Å². The molecule has 2 amide bonds. The van der Waals surface area contributed by atoms with Crippen LogP contribution in [0.3, 0.4) is 0 Å². The van der Waals surface area contributed by atoms with Crippen molar-refractivity contribution in [3.05, 3.63) is 24.3 Å². The third kappa shape index (κ3) is 5.76. The third-order valence-electron chi connectivity index (χ3n) is 2.32. The van der Waals surface area contributed by atoms with Gasteiger partial charge in [0.1, 0.15) is 12.4 Å². The highest BCUT2D eigenvalue weighted by Crippen LogP contribution is 1.98. The molecular weight excluding hydrogens is 268 g/mol. The summed E-state index contributed by atoms with van der Waals surface area (Å²) in [6.07, 6.45) is 2.30. The maximum atomic E-state index is 11.5. The number of hydrogen-bond donors (Lipinski definition) is 4. The Morgan fingerprint density at radius 2 is 2.05 bits per heavy atom. The minimum atomic E-state index is -1.29. The van der Waals surface area contributed by atoms with Crippen molar-refractivity contribution in [1.82, 2.24) is 20.6 Å². The van der Waals surface area contributed by atoms with Gasteiger partial charge in [-0.3, -0.25) is 4.79 Å². The predicted octanol–water partition coefficient (Wildman–Crippen LogP) is -0.406. The van der Waals surface area contributed by atoms with Crippen molar-refractivity contribution in [3.63, 3.8) is 0 Å². The maximum absolute atomic E-state index is 11.5. The van der Waals surface area contributed by atoms with Crippen molar-refractivity contribution in [2.75, 3.05) is 0 Å². The van der Waals surface area contributed by atoms with E-state index in [0.717, 1.165) is 0 Å². The Hall–Kier alpha value is -2.71. The number of urea groups is 1. The Morgan fingerprint density at radius 1 is 1.30 bits per heavy atom. The number of carbonyl (C=O) groups excluding carboxylic acids is 1. The molecule has 0 bridgehead atoms. The molecular formula is C11H14N4O5. The lowest BCUT2D eigenvalue weighted by Crippen LogP contribution is -2.46. The standard InChI is InChI=1S/C11H14N4O5/c16-9(17)2-1-8(10(18)19)15-11(20)13-5-7-3-4-12-6-14-7/h3-4,6,8H,1-2,5H2,(H,16,17)(H,18,19)(H2,13,15,20). The molecule has 108 valence electrons. The van der Waals surface area contributed by atoms with Gasteiger partial charge in [-0.15, -0.1) is 0 Å². The number of aromatic nitrogens is 2. The highest BCUT2D eigenvalue weighted by atomic mass is 16.4. The Kier molecular flexibility index (Phi) is 5.88. The van der Waals surface area contributed by atoms with Crippen molar-refractivity contribution in [1.29, 1.82) is 0 Å². The van der Waals surface area contributed by atoms with E-state index >= 15 is 0 Å². The van der Waals surface area contributed by atoms with Crippen LogP contribution in [-0.4, -0.2) is 44.2 Å². The largest absolute Gasteiger partial charge is 0.481 e. The van der Waals surface area contributed by atoms with Crippen LogP contribution < -0.4 is 10.6 Å². The van der Waals surface area contributed by atoms with Gasteiger partial charge in [-0.25, -0.2) is 19.6 Å². The first-order valence-electron chi connectivity index (χ1n) is 5.73. The van der Waals surface area contributed by atoms with E-state index in [4.69, 9.17) is 10.2 Å². The fraction of sp³-hybridized carbons (Fsp3) is 0.364. The number of nitrogens with zero attached hydrogens (tertiary/aromatic N) is 2. The molecule has 1 unspecified atom stereocenters. The van der Waals surface area contributed by atoms with Crippen molar-refractivity contribution < 1.29 is 24.6 Å². The zero-order valence-corrected chi connectivity index (χ0v) is 10.4. The normalized spacial score (nSPS) is 11.4. The van der Waals surface area contributed by atoms with E-state index in [-0.39, 0.29) is 19.4 Å². The second-order valence-electron chi connectivity index (χ2n) is 3.85. The SMILES string of the molecule is O=C(O)CCC(NC(=O)NCc1ccncn1)C(=O)O. The topological polar surface area (TPSA) is 142 Å². The molecule has 1 aromatic heterocycles.